The van der Waals surface area contributed by atoms with Gasteiger partial charge in [0.2, 0.25) is 11.8 Å². The Kier molecular flexibility index (Phi) is 10.5. The first kappa shape index (κ1) is 28.5. The summed E-state index contributed by atoms with van der Waals surface area (Å²) in [5.41, 5.74) is 7.92. The molecule has 1 aromatic carbocycles. The van der Waals surface area contributed by atoms with Crippen molar-refractivity contribution < 1.29 is 14.4 Å². The molecule has 3 atom stereocenters. The summed E-state index contributed by atoms with van der Waals surface area (Å²) in [5.74, 6) is -0.169. The molecule has 1 unspecified atom stereocenters. The minimum Gasteiger partial charge on any atom is -0.383 e. The maximum Gasteiger partial charge on any atom is 0.319 e. The highest BCUT2D eigenvalue weighted by Crippen LogP contribution is 2.33. The molecule has 0 aromatic heterocycles. The molecule has 38 heavy (non-hydrogen) atoms. The highest BCUT2D eigenvalue weighted by Gasteiger charge is 2.44. The van der Waals surface area contributed by atoms with Crippen molar-refractivity contribution in [3.8, 4) is 0 Å². The molecular formula is C27H43N7O3S. The van der Waals surface area contributed by atoms with Crippen LogP contribution < -0.4 is 27.0 Å². The minimum atomic E-state index is -0.761. The maximum absolute atomic E-state index is 13.1. The summed E-state index contributed by atoms with van der Waals surface area (Å²) in [6.45, 7) is 6.59. The Labute approximate surface area is 230 Å². The van der Waals surface area contributed by atoms with Crippen LogP contribution in [0.4, 0.5) is 16.2 Å². The van der Waals surface area contributed by atoms with Crippen LogP contribution >= 0.6 is 11.8 Å². The zero-order chi connectivity index (χ0) is 26.9. The molecule has 0 bridgehead atoms. The molecule has 1 aliphatic carbocycles. The Balaban J connectivity index is 1.21. The number of urea groups is 1. The number of nitrogens with two attached hydrogens (primary N) is 1. The summed E-state index contributed by atoms with van der Waals surface area (Å²) in [4.78, 5) is 42.1. The molecule has 3 fully saturated rings. The van der Waals surface area contributed by atoms with E-state index in [2.05, 4.69) is 26.2 Å². The number of nitrogens with one attached hydrogen (secondary N) is 4. The van der Waals surface area contributed by atoms with Crippen LogP contribution in [0.2, 0.25) is 0 Å². The molecule has 2 aliphatic heterocycles. The predicted octanol–water partition coefficient (Wildman–Crippen LogP) is 2.38. The Hall–Kier alpha value is -2.50. The zero-order valence-electron chi connectivity index (χ0n) is 22.4. The lowest BCUT2D eigenvalue weighted by molar-refractivity contribution is -0.131. The lowest BCUT2D eigenvalue weighted by Crippen LogP contribution is -2.54. The van der Waals surface area contributed by atoms with Crippen LogP contribution in [0.15, 0.2) is 24.3 Å². The van der Waals surface area contributed by atoms with Gasteiger partial charge < -0.3 is 36.8 Å². The van der Waals surface area contributed by atoms with Crippen LogP contribution in [0.1, 0.15) is 51.9 Å². The standard InChI is InChI=1S/C27H43N7O3S/c1-2-34-25(36)22(38-26(34)23(28)24(35)31-20-8-4-3-5-9-20)18-30-19-10-12-21(13-11-19)32-27(37)29-14-17-33-15-6-7-16-33/h10-13,20,22-23,26,30H,2-9,14-18,28H2,1H3,(H,31,35)(H2,29,32,37)/t22-,23-,26?/m1/s1. The summed E-state index contributed by atoms with van der Waals surface area (Å²) >= 11 is 1.46. The van der Waals surface area contributed by atoms with Gasteiger partial charge in [-0.25, -0.2) is 4.79 Å². The van der Waals surface area contributed by atoms with Gasteiger partial charge in [-0.3, -0.25) is 9.59 Å². The van der Waals surface area contributed by atoms with Crippen molar-refractivity contribution in [2.24, 2.45) is 5.73 Å². The number of hydrogen-bond acceptors (Lipinski definition) is 7. The van der Waals surface area contributed by atoms with Crippen LogP contribution in [0.3, 0.4) is 0 Å². The van der Waals surface area contributed by atoms with Gasteiger partial charge in [-0.15, -0.1) is 11.8 Å². The van der Waals surface area contributed by atoms with Gasteiger partial charge in [0.05, 0.1) is 0 Å². The van der Waals surface area contributed by atoms with E-state index in [9.17, 15) is 14.4 Å². The van der Waals surface area contributed by atoms with Gasteiger partial charge in [0.25, 0.3) is 0 Å². The fourth-order valence-electron chi connectivity index (χ4n) is 5.42. The van der Waals surface area contributed by atoms with E-state index in [1.807, 2.05) is 31.2 Å². The number of anilines is 2. The van der Waals surface area contributed by atoms with Crippen LogP contribution in [0.25, 0.3) is 0 Å². The van der Waals surface area contributed by atoms with Gasteiger partial charge in [-0.2, -0.15) is 0 Å². The molecule has 4 amide bonds. The third-order valence-electron chi connectivity index (χ3n) is 7.62. The number of hydrogen-bond donors (Lipinski definition) is 5. The highest BCUT2D eigenvalue weighted by atomic mass is 32.2. The topological polar surface area (TPSA) is 132 Å². The van der Waals surface area contributed by atoms with Crippen molar-refractivity contribution >= 4 is 41.0 Å². The van der Waals surface area contributed by atoms with E-state index in [1.165, 1.54) is 31.0 Å². The number of amides is 4. The molecule has 6 N–H and O–H groups in total. The lowest BCUT2D eigenvalue weighted by atomic mass is 9.95. The second-order valence-electron chi connectivity index (χ2n) is 10.4. The monoisotopic (exact) mass is 545 g/mol. The maximum atomic E-state index is 13.1. The first-order valence-electron chi connectivity index (χ1n) is 14.1. The fourth-order valence-corrected chi connectivity index (χ4v) is 6.89. The largest absolute Gasteiger partial charge is 0.383 e. The van der Waals surface area contributed by atoms with Gasteiger partial charge in [0, 0.05) is 43.6 Å². The summed E-state index contributed by atoms with van der Waals surface area (Å²) in [6, 6.07) is 6.63. The number of thioether (sulfide) groups is 1. The Morgan fingerprint density at radius 1 is 1.05 bits per heavy atom. The molecule has 210 valence electrons. The van der Waals surface area contributed by atoms with Crippen molar-refractivity contribution in [1.29, 1.82) is 0 Å². The molecule has 11 heteroatoms. The van der Waals surface area contributed by atoms with E-state index in [0.717, 1.165) is 51.0 Å². The van der Waals surface area contributed by atoms with Gasteiger partial charge in [-0.1, -0.05) is 19.3 Å². The van der Waals surface area contributed by atoms with E-state index in [4.69, 9.17) is 5.73 Å². The summed E-state index contributed by atoms with van der Waals surface area (Å²) in [6.07, 6.45) is 7.96. The van der Waals surface area contributed by atoms with E-state index >= 15 is 0 Å². The van der Waals surface area contributed by atoms with Gasteiger partial charge >= 0.3 is 6.03 Å². The first-order chi connectivity index (χ1) is 18.4. The number of rotatable bonds is 11. The molecule has 1 aromatic rings. The Bertz CT molecular complexity index is 935. The van der Waals surface area contributed by atoms with Crippen molar-refractivity contribution in [2.75, 3.05) is 49.9 Å². The van der Waals surface area contributed by atoms with E-state index in [1.54, 1.807) is 4.90 Å². The van der Waals surface area contributed by atoms with Crippen molar-refractivity contribution in [3.05, 3.63) is 24.3 Å². The van der Waals surface area contributed by atoms with E-state index in [0.29, 0.717) is 25.3 Å². The average molecular weight is 546 g/mol. The first-order valence-corrected chi connectivity index (χ1v) is 15.0. The van der Waals surface area contributed by atoms with Crippen LogP contribution in [-0.2, 0) is 9.59 Å². The number of carbonyl (C=O) groups excluding carboxylic acids is 3. The summed E-state index contributed by atoms with van der Waals surface area (Å²) in [5, 5.41) is 11.5. The second-order valence-corrected chi connectivity index (χ2v) is 11.7. The van der Waals surface area contributed by atoms with Crippen molar-refractivity contribution in [2.45, 2.75) is 74.6 Å². The molecule has 2 saturated heterocycles. The number of nitrogens with zero attached hydrogens (tertiary/aromatic N) is 2. The molecule has 1 saturated carbocycles. The Morgan fingerprint density at radius 3 is 2.42 bits per heavy atom. The van der Waals surface area contributed by atoms with Crippen molar-refractivity contribution in [3.63, 3.8) is 0 Å². The molecule has 3 aliphatic rings. The Morgan fingerprint density at radius 2 is 1.74 bits per heavy atom. The third kappa shape index (κ3) is 7.77. The molecule has 2 heterocycles. The number of benzene rings is 1. The van der Waals surface area contributed by atoms with Gasteiger partial charge in [0.15, 0.2) is 0 Å². The molecule has 0 radical (unpaired) electrons. The molecule has 0 spiro atoms. The minimum absolute atomic E-state index is 0.000181. The van der Waals surface area contributed by atoms with Crippen molar-refractivity contribution in [1.82, 2.24) is 20.4 Å². The zero-order valence-corrected chi connectivity index (χ0v) is 23.2. The van der Waals surface area contributed by atoms with Gasteiger partial charge in [0.1, 0.15) is 16.7 Å². The fraction of sp³-hybridized carbons (Fsp3) is 0.667. The van der Waals surface area contributed by atoms with Crippen LogP contribution in [0, 0.1) is 0 Å². The predicted molar refractivity (Wildman–Crippen MR) is 153 cm³/mol. The third-order valence-corrected chi connectivity index (χ3v) is 9.14. The number of carbonyl (C=O) groups is 3. The SMILES string of the molecule is CCN1C(=O)[C@@H](CNc2ccc(NC(=O)NCCN3CCCC3)cc2)SC1[C@H](N)C(=O)NC1CCCCC1. The normalized spacial score (nSPS) is 23.3. The second kappa shape index (κ2) is 14.0. The highest BCUT2D eigenvalue weighted by molar-refractivity contribution is 8.01. The number of likely N-dealkylation sites (N-methyl/N-ethyl adjacent to an activating group) is 1. The van der Waals surface area contributed by atoms with Crippen LogP contribution in [-0.4, -0.2) is 89.6 Å². The summed E-state index contributed by atoms with van der Waals surface area (Å²) < 4.78 is 0. The molecule has 4 rings (SSSR count). The van der Waals surface area contributed by atoms with E-state index < -0.39 is 6.04 Å². The average Bonchev–Trinajstić information content (AvgIpc) is 3.56. The quantitative estimate of drug-likeness (QED) is 0.288. The number of likely N-dealkylation sites (tertiary alicyclic amines) is 1. The summed E-state index contributed by atoms with van der Waals surface area (Å²) in [7, 11) is 0. The molecule has 10 nitrogen and oxygen atoms in total. The lowest BCUT2D eigenvalue weighted by Gasteiger charge is -2.29. The smallest absolute Gasteiger partial charge is 0.319 e. The molecular weight excluding hydrogens is 502 g/mol. The van der Waals surface area contributed by atoms with Crippen LogP contribution in [0.5, 0.6) is 0 Å². The van der Waals surface area contributed by atoms with Gasteiger partial charge in [-0.05, 0) is 70.0 Å². The van der Waals surface area contributed by atoms with E-state index in [-0.39, 0.29) is 34.5 Å².